The number of likely N-dealkylation sites (N-methyl/N-ethyl adjacent to an activating group) is 1. The summed E-state index contributed by atoms with van der Waals surface area (Å²) < 4.78 is 19.0. The number of carbonyl (C=O) groups is 1. The van der Waals surface area contributed by atoms with Gasteiger partial charge in [0.25, 0.3) is 5.91 Å². The minimum Gasteiger partial charge on any atom is -0.486 e. The molecule has 0 N–H and O–H groups in total. The first kappa shape index (κ1) is 24.3. The van der Waals surface area contributed by atoms with Crippen molar-refractivity contribution in [1.82, 2.24) is 4.90 Å². The monoisotopic (exact) mass is 514 g/mol. The van der Waals surface area contributed by atoms with Crippen LogP contribution in [-0.2, 0) is 11.4 Å². The number of nitrogens with zero attached hydrogens (tertiary/aromatic N) is 2. The van der Waals surface area contributed by atoms with Crippen LogP contribution in [0.2, 0.25) is 10.0 Å². The molecule has 0 aliphatic carbocycles. The van der Waals surface area contributed by atoms with Gasteiger partial charge in [0.05, 0.1) is 20.6 Å². The number of thioether (sulfide) groups is 1. The van der Waals surface area contributed by atoms with Crippen molar-refractivity contribution >= 4 is 57.8 Å². The van der Waals surface area contributed by atoms with E-state index in [-0.39, 0.29) is 11.7 Å². The van der Waals surface area contributed by atoms with Crippen molar-refractivity contribution in [3.05, 3.63) is 98.1 Å². The molecule has 1 aliphatic rings. The third kappa shape index (κ3) is 5.63. The first-order valence-corrected chi connectivity index (χ1v) is 12.1. The number of halogens is 3. The fourth-order valence-corrected chi connectivity index (χ4v) is 4.96. The maximum atomic E-state index is 13.2. The van der Waals surface area contributed by atoms with E-state index in [0.717, 1.165) is 5.56 Å². The van der Waals surface area contributed by atoms with E-state index in [0.29, 0.717) is 50.3 Å². The molecule has 4 nitrogen and oxygen atoms in total. The summed E-state index contributed by atoms with van der Waals surface area (Å²) in [6.45, 7) is 4.69. The number of ether oxygens (including phenoxy) is 1. The molecule has 8 heteroatoms. The zero-order valence-corrected chi connectivity index (χ0v) is 20.8. The SMILES string of the molecule is CCN1C(=O)/C(=C\c2cc(Cl)c(OCc3ccc(C)cc3)c(Cl)c2)SC1=Nc1ccc(F)cc1. The van der Waals surface area contributed by atoms with Crippen molar-refractivity contribution in [2.75, 3.05) is 6.54 Å². The first-order chi connectivity index (χ1) is 16.3. The van der Waals surface area contributed by atoms with Crippen LogP contribution >= 0.6 is 35.0 Å². The molecule has 1 heterocycles. The van der Waals surface area contributed by atoms with Crippen molar-refractivity contribution in [2.24, 2.45) is 4.99 Å². The minimum atomic E-state index is -0.341. The zero-order chi connectivity index (χ0) is 24.2. The number of benzene rings is 3. The average Bonchev–Trinajstić information content (AvgIpc) is 3.09. The summed E-state index contributed by atoms with van der Waals surface area (Å²) in [5.41, 5.74) is 3.42. The molecule has 3 aromatic carbocycles. The van der Waals surface area contributed by atoms with Crippen molar-refractivity contribution in [2.45, 2.75) is 20.5 Å². The van der Waals surface area contributed by atoms with Gasteiger partial charge in [-0.15, -0.1) is 0 Å². The maximum absolute atomic E-state index is 13.2. The number of amides is 1. The largest absolute Gasteiger partial charge is 0.486 e. The molecule has 174 valence electrons. The Balaban J connectivity index is 1.55. The number of rotatable bonds is 6. The van der Waals surface area contributed by atoms with E-state index >= 15 is 0 Å². The number of amidine groups is 1. The van der Waals surface area contributed by atoms with Gasteiger partial charge in [-0.05, 0) is 79.2 Å². The summed E-state index contributed by atoms with van der Waals surface area (Å²) in [6.07, 6.45) is 1.73. The molecule has 0 radical (unpaired) electrons. The highest BCUT2D eigenvalue weighted by Gasteiger charge is 2.32. The summed E-state index contributed by atoms with van der Waals surface area (Å²) in [5, 5.41) is 1.24. The van der Waals surface area contributed by atoms with Crippen LogP contribution < -0.4 is 4.74 Å². The highest BCUT2D eigenvalue weighted by Crippen LogP contribution is 2.38. The molecule has 0 bridgehead atoms. The van der Waals surface area contributed by atoms with Crippen LogP contribution in [-0.4, -0.2) is 22.5 Å². The fraction of sp³-hybridized carbons (Fsp3) is 0.154. The highest BCUT2D eigenvalue weighted by molar-refractivity contribution is 8.18. The van der Waals surface area contributed by atoms with E-state index in [4.69, 9.17) is 27.9 Å². The maximum Gasteiger partial charge on any atom is 0.266 e. The summed E-state index contributed by atoms with van der Waals surface area (Å²) in [7, 11) is 0. The van der Waals surface area contributed by atoms with Crippen LogP contribution in [0.25, 0.3) is 6.08 Å². The number of carbonyl (C=O) groups excluding carboxylic acids is 1. The lowest BCUT2D eigenvalue weighted by molar-refractivity contribution is -0.122. The van der Waals surface area contributed by atoms with E-state index in [9.17, 15) is 9.18 Å². The first-order valence-electron chi connectivity index (χ1n) is 10.6. The molecular formula is C26H21Cl2FN2O2S. The topological polar surface area (TPSA) is 41.9 Å². The lowest BCUT2D eigenvalue weighted by Gasteiger charge is -2.12. The van der Waals surface area contributed by atoms with Crippen molar-refractivity contribution < 1.29 is 13.9 Å². The second-order valence-electron chi connectivity index (χ2n) is 7.62. The Bertz CT molecular complexity index is 1250. The molecule has 0 spiro atoms. The quantitative estimate of drug-likeness (QED) is 0.317. The second kappa shape index (κ2) is 10.6. The van der Waals surface area contributed by atoms with E-state index in [2.05, 4.69) is 4.99 Å². The van der Waals surface area contributed by atoms with E-state index in [1.807, 2.05) is 38.1 Å². The predicted octanol–water partition coefficient (Wildman–Crippen LogP) is 7.64. The van der Waals surface area contributed by atoms with E-state index < -0.39 is 0 Å². The highest BCUT2D eigenvalue weighted by atomic mass is 35.5. The molecule has 34 heavy (non-hydrogen) atoms. The lowest BCUT2D eigenvalue weighted by Crippen LogP contribution is -2.28. The van der Waals surface area contributed by atoms with Gasteiger partial charge in [0.2, 0.25) is 0 Å². The molecular weight excluding hydrogens is 494 g/mol. The normalized spacial score (nSPS) is 16.0. The summed E-state index contributed by atoms with van der Waals surface area (Å²) >= 11 is 14.2. The average molecular weight is 515 g/mol. The van der Waals surface area contributed by atoms with Crippen molar-refractivity contribution in [3.63, 3.8) is 0 Å². The van der Waals surface area contributed by atoms with Gasteiger partial charge in [-0.1, -0.05) is 53.0 Å². The van der Waals surface area contributed by atoms with Crippen LogP contribution in [0.15, 0.2) is 70.6 Å². The fourth-order valence-electron chi connectivity index (χ4n) is 3.29. The van der Waals surface area contributed by atoms with Crippen LogP contribution in [0.4, 0.5) is 10.1 Å². The Morgan fingerprint density at radius 2 is 1.71 bits per heavy atom. The Labute approximate surface area is 212 Å². The second-order valence-corrected chi connectivity index (χ2v) is 9.44. The van der Waals surface area contributed by atoms with E-state index in [1.54, 1.807) is 35.2 Å². The molecule has 0 unspecified atom stereocenters. The van der Waals surface area contributed by atoms with Crippen LogP contribution in [0, 0.1) is 12.7 Å². The van der Waals surface area contributed by atoms with Crippen LogP contribution in [0.3, 0.4) is 0 Å². The van der Waals surface area contributed by atoms with Gasteiger partial charge in [-0.3, -0.25) is 9.69 Å². The van der Waals surface area contributed by atoms with Gasteiger partial charge < -0.3 is 4.74 Å². The van der Waals surface area contributed by atoms with Gasteiger partial charge in [0.1, 0.15) is 12.4 Å². The van der Waals surface area contributed by atoms with E-state index in [1.165, 1.54) is 29.5 Å². The smallest absolute Gasteiger partial charge is 0.266 e. The van der Waals surface area contributed by atoms with Crippen LogP contribution in [0.1, 0.15) is 23.6 Å². The molecule has 1 saturated heterocycles. The third-order valence-corrected chi connectivity index (χ3v) is 6.65. The summed E-state index contributed by atoms with van der Waals surface area (Å²) in [6, 6.07) is 17.2. The van der Waals surface area contributed by atoms with Crippen molar-refractivity contribution in [3.8, 4) is 5.75 Å². The molecule has 0 atom stereocenters. The predicted molar refractivity (Wildman–Crippen MR) is 138 cm³/mol. The number of aryl methyl sites for hydroxylation is 1. The number of aliphatic imine (C=N–C) groups is 1. The molecule has 1 fully saturated rings. The molecule has 1 amide bonds. The number of hydrogen-bond donors (Lipinski definition) is 0. The lowest BCUT2D eigenvalue weighted by atomic mass is 10.1. The van der Waals surface area contributed by atoms with Crippen molar-refractivity contribution in [1.29, 1.82) is 0 Å². The van der Waals surface area contributed by atoms with Gasteiger partial charge >= 0.3 is 0 Å². The molecule has 4 rings (SSSR count). The molecule has 3 aromatic rings. The third-order valence-electron chi connectivity index (χ3n) is 5.08. The number of hydrogen-bond acceptors (Lipinski definition) is 4. The zero-order valence-electron chi connectivity index (χ0n) is 18.5. The minimum absolute atomic E-state index is 0.166. The molecule has 0 saturated carbocycles. The molecule has 0 aromatic heterocycles. The summed E-state index contributed by atoms with van der Waals surface area (Å²) in [4.78, 5) is 19.5. The standard InChI is InChI=1S/C26H21Cl2FN2O2S/c1-3-31-25(32)23(34-26(31)30-20-10-8-19(29)9-11-20)14-18-12-21(27)24(22(28)13-18)33-15-17-6-4-16(2)5-7-17/h4-14H,3,15H2,1-2H3/b23-14+,30-26?. The Morgan fingerprint density at radius 1 is 1.06 bits per heavy atom. The van der Waals surface area contributed by atoms with Gasteiger partial charge in [-0.2, -0.15) is 0 Å². The summed E-state index contributed by atoms with van der Waals surface area (Å²) in [5.74, 6) is -0.113. The molecule has 1 aliphatic heterocycles. The Morgan fingerprint density at radius 3 is 2.32 bits per heavy atom. The van der Waals surface area contributed by atoms with Gasteiger partial charge in [0, 0.05) is 6.54 Å². The van der Waals surface area contributed by atoms with Crippen LogP contribution in [0.5, 0.6) is 5.75 Å². The van der Waals surface area contributed by atoms with Gasteiger partial charge in [-0.25, -0.2) is 9.38 Å². The Kier molecular flexibility index (Phi) is 7.61. The Hall–Kier alpha value is -2.80. The van der Waals surface area contributed by atoms with Gasteiger partial charge in [0.15, 0.2) is 10.9 Å².